The maximum atomic E-state index is 12.2. The van der Waals surface area contributed by atoms with Crippen LogP contribution < -0.4 is 5.32 Å². The average Bonchev–Trinajstić information content (AvgIpc) is 3.03. The summed E-state index contributed by atoms with van der Waals surface area (Å²) in [6, 6.07) is 16.8. The fourth-order valence-corrected chi connectivity index (χ4v) is 3.14. The van der Waals surface area contributed by atoms with Crippen molar-refractivity contribution in [3.05, 3.63) is 77.4 Å². The first-order chi connectivity index (χ1) is 12.1. The van der Waals surface area contributed by atoms with Crippen molar-refractivity contribution in [1.82, 2.24) is 5.32 Å². The minimum atomic E-state index is -1.00. The molecule has 0 radical (unpaired) electrons. The van der Waals surface area contributed by atoms with Gasteiger partial charge in [-0.05, 0) is 35.1 Å². The third kappa shape index (κ3) is 4.35. The van der Waals surface area contributed by atoms with Gasteiger partial charge in [0.1, 0.15) is 6.04 Å². The van der Waals surface area contributed by atoms with Gasteiger partial charge in [0.2, 0.25) is 5.91 Å². The zero-order chi connectivity index (χ0) is 17.6. The summed E-state index contributed by atoms with van der Waals surface area (Å²) in [7, 11) is 0. The summed E-state index contributed by atoms with van der Waals surface area (Å²) in [5.41, 5.74) is 4.35. The second kappa shape index (κ2) is 7.79. The number of hydrogen-bond acceptors (Lipinski definition) is 2. The highest BCUT2D eigenvalue weighted by Crippen LogP contribution is 2.30. The lowest BCUT2D eigenvalue weighted by Gasteiger charge is -2.16. The van der Waals surface area contributed by atoms with E-state index in [2.05, 4.69) is 11.4 Å². The number of carbonyl (C=O) groups is 2. The topological polar surface area (TPSA) is 66.4 Å². The third-order valence-corrected chi connectivity index (χ3v) is 4.47. The molecular formula is C21H21NO3. The Labute approximate surface area is 147 Å². The number of aryl methyl sites for hydroxylation is 1. The monoisotopic (exact) mass is 335 g/mol. The zero-order valence-electron chi connectivity index (χ0n) is 13.9. The van der Waals surface area contributed by atoms with Crippen LogP contribution in [0, 0.1) is 0 Å². The summed E-state index contributed by atoms with van der Waals surface area (Å²) in [6.45, 7) is 0. The first kappa shape index (κ1) is 17.0. The van der Waals surface area contributed by atoms with Crippen LogP contribution in [0.3, 0.4) is 0 Å². The quantitative estimate of drug-likeness (QED) is 0.816. The van der Waals surface area contributed by atoms with Crippen molar-refractivity contribution in [2.24, 2.45) is 0 Å². The number of carboxylic acid groups (broad SMARTS) is 1. The Morgan fingerprint density at radius 2 is 1.76 bits per heavy atom. The number of nitrogens with one attached hydrogen (secondary N) is 1. The highest BCUT2D eigenvalue weighted by Gasteiger charge is 2.24. The minimum absolute atomic E-state index is 0.233. The second-order valence-electron chi connectivity index (χ2n) is 6.24. The average molecular weight is 335 g/mol. The summed E-state index contributed by atoms with van der Waals surface area (Å²) < 4.78 is 0. The molecule has 0 spiro atoms. The van der Waals surface area contributed by atoms with E-state index in [9.17, 15) is 14.7 Å². The van der Waals surface area contributed by atoms with Gasteiger partial charge in [0.15, 0.2) is 0 Å². The number of hydrogen-bond donors (Lipinski definition) is 2. The van der Waals surface area contributed by atoms with Crippen molar-refractivity contribution >= 4 is 17.4 Å². The number of amides is 1. The zero-order valence-corrected chi connectivity index (χ0v) is 13.9. The molecule has 0 aromatic heterocycles. The molecular weight excluding hydrogens is 314 g/mol. The van der Waals surface area contributed by atoms with E-state index in [1.807, 2.05) is 54.6 Å². The maximum absolute atomic E-state index is 12.2. The Morgan fingerprint density at radius 3 is 2.52 bits per heavy atom. The van der Waals surface area contributed by atoms with Crippen LogP contribution >= 0.6 is 0 Å². The summed E-state index contributed by atoms with van der Waals surface area (Å²) >= 11 is 0. The van der Waals surface area contributed by atoms with Gasteiger partial charge < -0.3 is 10.4 Å². The van der Waals surface area contributed by atoms with Crippen LogP contribution in [0.25, 0.3) is 5.57 Å². The molecule has 2 aromatic rings. The van der Waals surface area contributed by atoms with Gasteiger partial charge in [-0.15, -0.1) is 0 Å². The molecule has 2 N–H and O–H groups in total. The lowest BCUT2D eigenvalue weighted by atomic mass is 9.99. The molecule has 0 bridgehead atoms. The number of benzene rings is 2. The van der Waals surface area contributed by atoms with Gasteiger partial charge in [0, 0.05) is 12.8 Å². The summed E-state index contributed by atoms with van der Waals surface area (Å²) in [6.07, 6.45) is 4.06. The maximum Gasteiger partial charge on any atom is 0.326 e. The molecule has 1 aliphatic carbocycles. The van der Waals surface area contributed by atoms with Gasteiger partial charge in [0.25, 0.3) is 0 Å². The van der Waals surface area contributed by atoms with E-state index < -0.39 is 12.0 Å². The van der Waals surface area contributed by atoms with Crippen molar-refractivity contribution in [1.29, 1.82) is 0 Å². The summed E-state index contributed by atoms with van der Waals surface area (Å²) in [5, 5.41) is 12.1. The minimum Gasteiger partial charge on any atom is -0.480 e. The van der Waals surface area contributed by atoms with E-state index in [4.69, 9.17) is 0 Å². The molecule has 4 nitrogen and oxygen atoms in total. The SMILES string of the molecule is O=C(CCc1ccccc1)N[C@@H](CC1=CCc2ccccc21)C(=O)O. The molecule has 0 saturated carbocycles. The second-order valence-corrected chi connectivity index (χ2v) is 6.24. The first-order valence-corrected chi connectivity index (χ1v) is 8.47. The molecule has 1 atom stereocenters. The van der Waals surface area contributed by atoms with Crippen LogP contribution in [0.5, 0.6) is 0 Å². The van der Waals surface area contributed by atoms with Gasteiger partial charge in [-0.2, -0.15) is 0 Å². The van der Waals surface area contributed by atoms with E-state index in [0.29, 0.717) is 12.8 Å². The third-order valence-electron chi connectivity index (χ3n) is 4.47. The van der Waals surface area contributed by atoms with Gasteiger partial charge in [-0.3, -0.25) is 4.79 Å². The standard InChI is InChI=1S/C21H21NO3/c23-20(13-10-15-6-2-1-3-7-15)22-19(21(24)25)14-17-12-11-16-8-4-5-9-18(16)17/h1-9,12,19H,10-11,13-14H2,(H,22,23)(H,24,25)/t19-/m0/s1. The van der Waals surface area contributed by atoms with Crippen molar-refractivity contribution in [3.8, 4) is 0 Å². The molecule has 1 amide bonds. The van der Waals surface area contributed by atoms with E-state index in [1.165, 1.54) is 5.56 Å². The molecule has 0 unspecified atom stereocenters. The van der Waals surface area contributed by atoms with Gasteiger partial charge >= 0.3 is 5.97 Å². The Kier molecular flexibility index (Phi) is 5.29. The Bertz CT molecular complexity index is 796. The molecule has 0 aliphatic heterocycles. The molecule has 2 aromatic carbocycles. The number of rotatable bonds is 7. The van der Waals surface area contributed by atoms with Crippen molar-refractivity contribution in [2.75, 3.05) is 0 Å². The molecule has 128 valence electrons. The van der Waals surface area contributed by atoms with Crippen LogP contribution in [0.15, 0.2) is 60.7 Å². The van der Waals surface area contributed by atoms with Crippen LogP contribution in [0.1, 0.15) is 29.5 Å². The largest absolute Gasteiger partial charge is 0.480 e. The Hall–Kier alpha value is -2.88. The fourth-order valence-electron chi connectivity index (χ4n) is 3.14. The Balaban J connectivity index is 1.59. The van der Waals surface area contributed by atoms with Crippen molar-refractivity contribution < 1.29 is 14.7 Å². The van der Waals surface area contributed by atoms with E-state index in [0.717, 1.165) is 23.1 Å². The fraction of sp³-hybridized carbons (Fsp3) is 0.238. The number of fused-ring (bicyclic) bond motifs is 1. The molecule has 0 fully saturated rings. The number of aliphatic carboxylic acids is 1. The molecule has 25 heavy (non-hydrogen) atoms. The van der Waals surface area contributed by atoms with Crippen LogP contribution in [-0.2, 0) is 22.4 Å². The lowest BCUT2D eigenvalue weighted by Crippen LogP contribution is -2.41. The number of allylic oxidation sites excluding steroid dienone is 1. The summed E-state index contributed by atoms with van der Waals surface area (Å²) in [4.78, 5) is 23.7. The molecule has 0 heterocycles. The van der Waals surface area contributed by atoms with Crippen LogP contribution in [-0.4, -0.2) is 23.0 Å². The summed E-state index contributed by atoms with van der Waals surface area (Å²) in [5.74, 6) is -1.23. The smallest absolute Gasteiger partial charge is 0.326 e. The number of carboxylic acids is 1. The van der Waals surface area contributed by atoms with Gasteiger partial charge in [0.05, 0.1) is 0 Å². The van der Waals surface area contributed by atoms with Crippen LogP contribution in [0.4, 0.5) is 0 Å². The van der Waals surface area contributed by atoms with Crippen molar-refractivity contribution in [2.45, 2.75) is 31.7 Å². The lowest BCUT2D eigenvalue weighted by molar-refractivity contribution is -0.141. The van der Waals surface area contributed by atoms with E-state index in [-0.39, 0.29) is 12.3 Å². The van der Waals surface area contributed by atoms with Gasteiger partial charge in [-0.1, -0.05) is 60.7 Å². The highest BCUT2D eigenvalue weighted by molar-refractivity contribution is 5.86. The molecule has 0 saturated heterocycles. The normalized spacial score (nSPS) is 13.7. The Morgan fingerprint density at radius 1 is 1.04 bits per heavy atom. The van der Waals surface area contributed by atoms with E-state index in [1.54, 1.807) is 0 Å². The number of carbonyl (C=O) groups excluding carboxylic acids is 1. The van der Waals surface area contributed by atoms with Crippen molar-refractivity contribution in [3.63, 3.8) is 0 Å². The first-order valence-electron chi connectivity index (χ1n) is 8.47. The predicted molar refractivity (Wildman–Crippen MR) is 97.1 cm³/mol. The molecule has 3 rings (SSSR count). The van der Waals surface area contributed by atoms with E-state index >= 15 is 0 Å². The molecule has 1 aliphatic rings. The van der Waals surface area contributed by atoms with Gasteiger partial charge in [-0.25, -0.2) is 4.79 Å². The predicted octanol–water partition coefficient (Wildman–Crippen LogP) is 3.22. The molecule has 4 heteroatoms. The highest BCUT2D eigenvalue weighted by atomic mass is 16.4. The van der Waals surface area contributed by atoms with Crippen LogP contribution in [0.2, 0.25) is 0 Å².